The van der Waals surface area contributed by atoms with Crippen molar-refractivity contribution in [3.8, 4) is 11.3 Å². The Labute approximate surface area is 166 Å². The van der Waals surface area contributed by atoms with E-state index in [9.17, 15) is 13.6 Å². The summed E-state index contributed by atoms with van der Waals surface area (Å²) in [5, 5.41) is 12.7. The van der Waals surface area contributed by atoms with Gasteiger partial charge in [0.25, 0.3) is 0 Å². The highest BCUT2D eigenvalue weighted by atomic mass is 19.1. The zero-order chi connectivity index (χ0) is 20.2. The summed E-state index contributed by atoms with van der Waals surface area (Å²) in [7, 11) is 0. The number of hydrogen-bond acceptors (Lipinski definition) is 4. The summed E-state index contributed by atoms with van der Waals surface area (Å²) < 4.78 is 26.7. The maximum Gasteiger partial charge on any atom is 0.319 e. The van der Waals surface area contributed by atoms with Crippen molar-refractivity contribution in [2.45, 2.75) is 18.9 Å². The molecule has 150 valence electrons. The lowest BCUT2D eigenvalue weighted by Crippen LogP contribution is -2.49. The van der Waals surface area contributed by atoms with Crippen molar-refractivity contribution < 1.29 is 13.6 Å². The van der Waals surface area contributed by atoms with Crippen molar-refractivity contribution in [3.63, 3.8) is 0 Å². The third-order valence-corrected chi connectivity index (χ3v) is 4.82. The Balaban J connectivity index is 1.37. The zero-order valence-electron chi connectivity index (χ0n) is 15.5. The van der Waals surface area contributed by atoms with E-state index in [1.165, 1.54) is 6.07 Å². The van der Waals surface area contributed by atoms with Crippen LogP contribution in [0.2, 0.25) is 0 Å². The average molecular weight is 398 g/mol. The Hall–Kier alpha value is -3.49. The predicted octanol–water partition coefficient (Wildman–Crippen LogP) is 3.54. The van der Waals surface area contributed by atoms with Crippen LogP contribution in [0.4, 0.5) is 25.1 Å². The standard InChI is InChI=1S/C20H20F2N6O/c21-14-3-4-17(16(22)10-14)25-20(29)24-15-2-1-9-28(12-15)19-11-18(26-27-19)13-5-7-23-8-6-13/h3-8,10-11,15H,1-2,9,12H2,(H,26,27)(H2,24,25,29)/t15-/m1/s1. The zero-order valence-corrected chi connectivity index (χ0v) is 15.5. The van der Waals surface area contributed by atoms with Crippen LogP contribution in [0.1, 0.15) is 12.8 Å². The molecule has 9 heteroatoms. The molecule has 1 fully saturated rings. The molecule has 3 N–H and O–H groups in total. The molecule has 1 aromatic carbocycles. The number of hydrogen-bond donors (Lipinski definition) is 3. The fourth-order valence-electron chi connectivity index (χ4n) is 3.39. The van der Waals surface area contributed by atoms with Crippen LogP contribution in [0.15, 0.2) is 48.8 Å². The smallest absolute Gasteiger partial charge is 0.319 e. The maximum absolute atomic E-state index is 13.7. The molecule has 1 aliphatic heterocycles. The van der Waals surface area contributed by atoms with Crippen LogP contribution in [0.3, 0.4) is 0 Å². The van der Waals surface area contributed by atoms with Crippen LogP contribution >= 0.6 is 0 Å². The summed E-state index contributed by atoms with van der Waals surface area (Å²) in [6.07, 6.45) is 5.13. The minimum Gasteiger partial charge on any atom is -0.353 e. The van der Waals surface area contributed by atoms with Gasteiger partial charge in [0.2, 0.25) is 0 Å². The largest absolute Gasteiger partial charge is 0.353 e. The van der Waals surface area contributed by atoms with Gasteiger partial charge in [-0.05, 0) is 37.1 Å². The van der Waals surface area contributed by atoms with Crippen LogP contribution in [-0.2, 0) is 0 Å². The molecule has 0 radical (unpaired) electrons. The van der Waals surface area contributed by atoms with Crippen molar-refractivity contribution in [2.24, 2.45) is 0 Å². The molecule has 4 rings (SSSR count). The van der Waals surface area contributed by atoms with E-state index >= 15 is 0 Å². The van der Waals surface area contributed by atoms with Gasteiger partial charge in [-0.3, -0.25) is 10.1 Å². The Morgan fingerprint density at radius 1 is 1.17 bits per heavy atom. The van der Waals surface area contributed by atoms with Crippen LogP contribution in [-0.4, -0.2) is 40.3 Å². The number of carbonyl (C=O) groups is 1. The van der Waals surface area contributed by atoms with E-state index in [0.29, 0.717) is 6.54 Å². The lowest BCUT2D eigenvalue weighted by molar-refractivity contribution is 0.246. The normalized spacial score (nSPS) is 16.5. The predicted molar refractivity (Wildman–Crippen MR) is 106 cm³/mol. The topological polar surface area (TPSA) is 85.9 Å². The highest BCUT2D eigenvalue weighted by Gasteiger charge is 2.23. The molecule has 0 saturated carbocycles. The third kappa shape index (κ3) is 4.50. The van der Waals surface area contributed by atoms with Crippen molar-refractivity contribution in [1.82, 2.24) is 20.5 Å². The molecule has 0 bridgehead atoms. The fourth-order valence-corrected chi connectivity index (χ4v) is 3.39. The number of H-pyrrole nitrogens is 1. The third-order valence-electron chi connectivity index (χ3n) is 4.82. The van der Waals surface area contributed by atoms with Gasteiger partial charge in [0.15, 0.2) is 5.82 Å². The molecule has 0 aliphatic carbocycles. The molecule has 0 spiro atoms. The van der Waals surface area contributed by atoms with E-state index in [0.717, 1.165) is 48.6 Å². The first kappa shape index (κ1) is 18.9. The number of halogens is 2. The molecule has 29 heavy (non-hydrogen) atoms. The lowest BCUT2D eigenvalue weighted by Gasteiger charge is -2.33. The van der Waals surface area contributed by atoms with Gasteiger partial charge in [-0.15, -0.1) is 0 Å². The number of benzene rings is 1. The number of aromatic amines is 1. The highest BCUT2D eigenvalue weighted by molar-refractivity contribution is 5.89. The molecule has 1 aliphatic rings. The molecular weight excluding hydrogens is 378 g/mol. The molecule has 1 atom stereocenters. The van der Waals surface area contributed by atoms with E-state index in [1.807, 2.05) is 18.2 Å². The van der Waals surface area contributed by atoms with Crippen LogP contribution in [0.5, 0.6) is 0 Å². The second-order valence-electron chi connectivity index (χ2n) is 6.88. The highest BCUT2D eigenvalue weighted by Crippen LogP contribution is 2.24. The molecule has 2 aromatic heterocycles. The molecule has 3 heterocycles. The van der Waals surface area contributed by atoms with Crippen LogP contribution in [0, 0.1) is 11.6 Å². The van der Waals surface area contributed by atoms with Crippen LogP contribution in [0.25, 0.3) is 11.3 Å². The second kappa shape index (κ2) is 8.26. The van der Waals surface area contributed by atoms with Gasteiger partial charge in [-0.25, -0.2) is 13.6 Å². The molecule has 1 saturated heterocycles. The maximum atomic E-state index is 13.7. The van der Waals surface area contributed by atoms with E-state index in [-0.39, 0.29) is 11.7 Å². The van der Waals surface area contributed by atoms with Gasteiger partial charge in [0, 0.05) is 49.2 Å². The summed E-state index contributed by atoms with van der Waals surface area (Å²) >= 11 is 0. The number of urea groups is 1. The van der Waals surface area contributed by atoms with E-state index in [1.54, 1.807) is 12.4 Å². The monoisotopic (exact) mass is 398 g/mol. The number of nitrogens with one attached hydrogen (secondary N) is 3. The number of pyridine rings is 1. The number of piperidine rings is 1. The van der Waals surface area contributed by atoms with Gasteiger partial charge < -0.3 is 15.5 Å². The summed E-state index contributed by atoms with van der Waals surface area (Å²) in [5.41, 5.74) is 1.82. The van der Waals surface area contributed by atoms with Crippen molar-refractivity contribution in [1.29, 1.82) is 0 Å². The number of nitrogens with zero attached hydrogens (tertiary/aromatic N) is 3. The van der Waals surface area contributed by atoms with Gasteiger partial charge in [0.05, 0.1) is 11.4 Å². The van der Waals surface area contributed by atoms with Crippen molar-refractivity contribution in [3.05, 3.63) is 60.4 Å². The Kier molecular flexibility index (Phi) is 5.37. The van der Waals surface area contributed by atoms with Gasteiger partial charge in [-0.1, -0.05) is 0 Å². The quantitative estimate of drug-likeness (QED) is 0.628. The Morgan fingerprint density at radius 2 is 2.00 bits per heavy atom. The van der Waals surface area contributed by atoms with Crippen molar-refractivity contribution in [2.75, 3.05) is 23.3 Å². The molecule has 0 unspecified atom stereocenters. The van der Waals surface area contributed by atoms with Crippen molar-refractivity contribution >= 4 is 17.5 Å². The van der Waals surface area contributed by atoms with Crippen LogP contribution < -0.4 is 15.5 Å². The average Bonchev–Trinajstić information content (AvgIpc) is 3.21. The molecule has 7 nitrogen and oxygen atoms in total. The molecular formula is C20H20F2N6O. The summed E-state index contributed by atoms with van der Waals surface area (Å²) in [6, 6.07) is 8.14. The molecule has 3 aromatic rings. The summed E-state index contributed by atoms with van der Waals surface area (Å²) in [5.74, 6) is -0.708. The Bertz CT molecular complexity index is 994. The van der Waals surface area contributed by atoms with E-state index < -0.39 is 17.7 Å². The second-order valence-corrected chi connectivity index (χ2v) is 6.88. The number of amides is 2. The Morgan fingerprint density at radius 3 is 2.79 bits per heavy atom. The SMILES string of the molecule is O=C(Nc1ccc(F)cc1F)N[C@@H]1CCCN(c2cc(-c3ccncc3)[nH]n2)C1. The van der Waals surface area contributed by atoms with Gasteiger partial charge >= 0.3 is 6.03 Å². The first-order valence-corrected chi connectivity index (χ1v) is 9.32. The summed E-state index contributed by atoms with van der Waals surface area (Å²) in [4.78, 5) is 18.3. The first-order chi connectivity index (χ1) is 14.1. The minimum atomic E-state index is -0.814. The molecule has 2 amide bonds. The number of aromatic nitrogens is 3. The van der Waals surface area contributed by atoms with E-state index in [2.05, 4.69) is 30.7 Å². The van der Waals surface area contributed by atoms with Gasteiger partial charge in [0.1, 0.15) is 11.6 Å². The summed E-state index contributed by atoms with van der Waals surface area (Å²) in [6.45, 7) is 1.41. The van der Waals surface area contributed by atoms with Gasteiger partial charge in [-0.2, -0.15) is 5.10 Å². The number of anilines is 2. The first-order valence-electron chi connectivity index (χ1n) is 9.32. The fraction of sp³-hybridized carbons (Fsp3) is 0.250. The number of rotatable bonds is 4. The minimum absolute atomic E-state index is 0.0640. The number of carbonyl (C=O) groups excluding carboxylic acids is 1. The lowest BCUT2D eigenvalue weighted by atomic mass is 10.1. The van der Waals surface area contributed by atoms with E-state index in [4.69, 9.17) is 0 Å².